The molecule has 0 radical (unpaired) electrons. The van der Waals surface area contributed by atoms with Crippen molar-refractivity contribution in [1.82, 2.24) is 15.0 Å². The van der Waals surface area contributed by atoms with E-state index in [1.165, 1.54) is 4.90 Å². The summed E-state index contributed by atoms with van der Waals surface area (Å²) in [6, 6.07) is 13.0. The van der Waals surface area contributed by atoms with Crippen LogP contribution in [0.1, 0.15) is 23.9 Å². The highest BCUT2D eigenvalue weighted by Gasteiger charge is 2.21. The molecule has 0 N–H and O–H groups in total. The second kappa shape index (κ2) is 8.44. The van der Waals surface area contributed by atoms with Crippen LogP contribution in [0.4, 0.5) is 0 Å². The molecule has 0 saturated carbocycles. The number of halogens is 1. The molecule has 1 atom stereocenters. The van der Waals surface area contributed by atoms with Gasteiger partial charge in [0.2, 0.25) is 11.7 Å². The third-order valence-corrected chi connectivity index (χ3v) is 4.43. The van der Waals surface area contributed by atoms with Gasteiger partial charge in [-0.05, 0) is 68.3 Å². The number of benzene rings is 2. The van der Waals surface area contributed by atoms with Gasteiger partial charge in [-0.1, -0.05) is 22.8 Å². The predicted molar refractivity (Wildman–Crippen MR) is 107 cm³/mol. The zero-order chi connectivity index (χ0) is 20.3. The maximum Gasteiger partial charge on any atom is 0.263 e. The van der Waals surface area contributed by atoms with E-state index in [0.717, 1.165) is 16.7 Å². The highest BCUT2D eigenvalue weighted by Crippen LogP contribution is 2.20. The fraction of sp³-hybridized carbons (Fsp3) is 0.286. The summed E-state index contributed by atoms with van der Waals surface area (Å²) >= 11 is 5.89. The number of nitrogens with zero attached hydrogens (tertiary/aromatic N) is 3. The summed E-state index contributed by atoms with van der Waals surface area (Å²) in [6.07, 6.45) is -0.634. The number of ether oxygens (including phenoxy) is 1. The van der Waals surface area contributed by atoms with E-state index in [1.54, 1.807) is 26.1 Å². The minimum absolute atomic E-state index is 0.176. The van der Waals surface area contributed by atoms with Gasteiger partial charge in [0.15, 0.2) is 6.10 Å². The first-order valence-electron chi connectivity index (χ1n) is 8.90. The summed E-state index contributed by atoms with van der Waals surface area (Å²) in [5.74, 6) is 1.30. The Morgan fingerprint density at radius 3 is 2.46 bits per heavy atom. The number of hydrogen-bond donors (Lipinski definition) is 0. The quantitative estimate of drug-likeness (QED) is 0.613. The van der Waals surface area contributed by atoms with Crippen molar-refractivity contribution in [2.24, 2.45) is 0 Å². The van der Waals surface area contributed by atoms with Gasteiger partial charge in [0.1, 0.15) is 5.75 Å². The maximum atomic E-state index is 12.6. The summed E-state index contributed by atoms with van der Waals surface area (Å²) in [4.78, 5) is 18.5. The number of aromatic nitrogens is 2. The standard InChI is InChI=1S/C21H22ClN3O3/c1-13-9-14(2)11-18(10-13)27-15(3)21(26)25(4)12-19-23-20(24-28-19)16-5-7-17(22)8-6-16/h5-11,15H,12H2,1-4H3/t15-/m1/s1. The van der Waals surface area contributed by atoms with Gasteiger partial charge >= 0.3 is 0 Å². The number of carbonyl (C=O) groups is 1. The van der Waals surface area contributed by atoms with Gasteiger partial charge < -0.3 is 14.2 Å². The number of rotatable bonds is 6. The van der Waals surface area contributed by atoms with E-state index in [1.807, 2.05) is 38.1 Å². The zero-order valence-corrected chi connectivity index (χ0v) is 17.0. The molecule has 1 aromatic heterocycles. The third-order valence-electron chi connectivity index (χ3n) is 4.17. The SMILES string of the molecule is Cc1cc(C)cc(O[C@H](C)C(=O)N(C)Cc2nc(-c3ccc(Cl)cc3)no2)c1. The van der Waals surface area contributed by atoms with Gasteiger partial charge in [0.05, 0.1) is 6.54 Å². The molecule has 0 aliphatic heterocycles. The second-order valence-corrected chi connectivity index (χ2v) is 7.23. The van der Waals surface area contributed by atoms with Crippen molar-refractivity contribution < 1.29 is 14.1 Å². The van der Waals surface area contributed by atoms with Crippen LogP contribution in [0.2, 0.25) is 5.02 Å². The van der Waals surface area contributed by atoms with Crippen molar-refractivity contribution in [3.05, 3.63) is 64.5 Å². The van der Waals surface area contributed by atoms with E-state index in [-0.39, 0.29) is 12.5 Å². The van der Waals surface area contributed by atoms with Crippen LogP contribution in [0.3, 0.4) is 0 Å². The molecular weight excluding hydrogens is 378 g/mol. The summed E-state index contributed by atoms with van der Waals surface area (Å²) in [6.45, 7) is 5.90. The average Bonchev–Trinajstić information content (AvgIpc) is 3.09. The van der Waals surface area contributed by atoms with Gasteiger partial charge in [-0.15, -0.1) is 0 Å². The molecule has 3 aromatic rings. The van der Waals surface area contributed by atoms with Gasteiger partial charge in [-0.25, -0.2) is 0 Å². The lowest BCUT2D eigenvalue weighted by Gasteiger charge is -2.21. The number of amides is 1. The lowest BCUT2D eigenvalue weighted by atomic mass is 10.1. The summed E-state index contributed by atoms with van der Waals surface area (Å²) < 4.78 is 11.1. The molecule has 1 amide bonds. The van der Waals surface area contributed by atoms with Crippen LogP contribution < -0.4 is 4.74 Å². The van der Waals surface area contributed by atoms with Crippen molar-refractivity contribution in [1.29, 1.82) is 0 Å². The molecule has 1 heterocycles. The Labute approximate surface area is 169 Å². The molecule has 6 nitrogen and oxygen atoms in total. The number of likely N-dealkylation sites (N-methyl/N-ethyl adjacent to an activating group) is 1. The first-order valence-corrected chi connectivity index (χ1v) is 9.28. The van der Waals surface area contributed by atoms with Crippen molar-refractivity contribution in [3.8, 4) is 17.1 Å². The van der Waals surface area contributed by atoms with Crippen LogP contribution in [0.15, 0.2) is 47.0 Å². The zero-order valence-electron chi connectivity index (χ0n) is 16.3. The van der Waals surface area contributed by atoms with Crippen molar-refractivity contribution in [3.63, 3.8) is 0 Å². The first-order chi connectivity index (χ1) is 13.3. The Morgan fingerprint density at radius 1 is 1.18 bits per heavy atom. The minimum Gasteiger partial charge on any atom is -0.481 e. The maximum absolute atomic E-state index is 12.6. The van der Waals surface area contributed by atoms with Gasteiger partial charge in [-0.3, -0.25) is 4.79 Å². The lowest BCUT2D eigenvalue weighted by Crippen LogP contribution is -2.37. The van der Waals surface area contributed by atoms with Crippen molar-refractivity contribution in [2.45, 2.75) is 33.4 Å². The fourth-order valence-corrected chi connectivity index (χ4v) is 3.01. The molecule has 7 heteroatoms. The number of aryl methyl sites for hydroxylation is 2. The van der Waals surface area contributed by atoms with Gasteiger partial charge in [0.25, 0.3) is 5.91 Å². The van der Waals surface area contributed by atoms with E-state index in [4.69, 9.17) is 20.9 Å². The fourth-order valence-electron chi connectivity index (χ4n) is 2.88. The van der Waals surface area contributed by atoms with Crippen LogP contribution in [0.5, 0.6) is 5.75 Å². The largest absolute Gasteiger partial charge is 0.481 e. The molecule has 146 valence electrons. The Bertz CT molecular complexity index is 949. The second-order valence-electron chi connectivity index (χ2n) is 6.80. The topological polar surface area (TPSA) is 68.5 Å². The molecule has 0 bridgehead atoms. The summed E-state index contributed by atoms with van der Waals surface area (Å²) in [5, 5.41) is 4.60. The molecule has 0 fully saturated rings. The molecule has 28 heavy (non-hydrogen) atoms. The molecule has 0 unspecified atom stereocenters. The summed E-state index contributed by atoms with van der Waals surface area (Å²) in [7, 11) is 1.68. The Morgan fingerprint density at radius 2 is 1.82 bits per heavy atom. The smallest absolute Gasteiger partial charge is 0.263 e. The van der Waals surface area contributed by atoms with E-state index >= 15 is 0 Å². The monoisotopic (exact) mass is 399 g/mol. The van der Waals surface area contributed by atoms with Crippen LogP contribution in [-0.2, 0) is 11.3 Å². The molecular formula is C21H22ClN3O3. The van der Waals surface area contributed by atoms with Crippen LogP contribution in [0.25, 0.3) is 11.4 Å². The first kappa shape index (κ1) is 19.9. The molecule has 0 saturated heterocycles. The van der Waals surface area contributed by atoms with E-state index < -0.39 is 6.10 Å². The Balaban J connectivity index is 1.63. The van der Waals surface area contributed by atoms with Gasteiger partial charge in [0, 0.05) is 17.6 Å². The lowest BCUT2D eigenvalue weighted by molar-refractivity contribution is -0.137. The van der Waals surface area contributed by atoms with Crippen molar-refractivity contribution in [2.75, 3.05) is 7.05 Å². The average molecular weight is 400 g/mol. The molecule has 0 spiro atoms. The molecule has 3 rings (SSSR count). The third kappa shape index (κ3) is 4.89. The Hall–Kier alpha value is -2.86. The number of hydrogen-bond acceptors (Lipinski definition) is 5. The van der Waals surface area contributed by atoms with E-state index in [0.29, 0.717) is 22.5 Å². The highest BCUT2D eigenvalue weighted by atomic mass is 35.5. The van der Waals surface area contributed by atoms with Crippen LogP contribution in [0, 0.1) is 13.8 Å². The number of carbonyl (C=O) groups excluding carboxylic acids is 1. The van der Waals surface area contributed by atoms with Crippen LogP contribution >= 0.6 is 11.6 Å². The van der Waals surface area contributed by atoms with E-state index in [2.05, 4.69) is 16.2 Å². The molecule has 2 aromatic carbocycles. The normalized spacial score (nSPS) is 11.9. The van der Waals surface area contributed by atoms with E-state index in [9.17, 15) is 4.79 Å². The molecule has 0 aliphatic rings. The minimum atomic E-state index is -0.634. The highest BCUT2D eigenvalue weighted by molar-refractivity contribution is 6.30. The molecule has 0 aliphatic carbocycles. The Kier molecular flexibility index (Phi) is 5.99. The van der Waals surface area contributed by atoms with Gasteiger partial charge in [-0.2, -0.15) is 4.98 Å². The predicted octanol–water partition coefficient (Wildman–Crippen LogP) is 4.43. The van der Waals surface area contributed by atoms with Crippen molar-refractivity contribution >= 4 is 17.5 Å². The summed E-state index contributed by atoms with van der Waals surface area (Å²) in [5.41, 5.74) is 2.96. The van der Waals surface area contributed by atoms with Crippen LogP contribution in [-0.4, -0.2) is 34.1 Å².